The van der Waals surface area contributed by atoms with Gasteiger partial charge in [-0.25, -0.2) is 4.98 Å². The number of amides is 1. The van der Waals surface area contributed by atoms with E-state index in [9.17, 15) is 4.79 Å². The number of thiazole rings is 1. The van der Waals surface area contributed by atoms with Crippen LogP contribution in [0.5, 0.6) is 0 Å². The summed E-state index contributed by atoms with van der Waals surface area (Å²) in [4.78, 5) is 21.3. The Labute approximate surface area is 155 Å². The number of hydrogen-bond donors (Lipinski definition) is 0. The van der Waals surface area contributed by atoms with E-state index in [0.29, 0.717) is 0 Å². The van der Waals surface area contributed by atoms with E-state index in [-0.39, 0.29) is 18.3 Å². The minimum atomic E-state index is 0. The molecule has 1 saturated heterocycles. The van der Waals surface area contributed by atoms with Crippen molar-refractivity contribution in [1.29, 1.82) is 0 Å². The number of aromatic nitrogens is 1. The molecule has 1 aromatic carbocycles. The third-order valence-corrected chi connectivity index (χ3v) is 5.20. The molecule has 124 valence electrons. The van der Waals surface area contributed by atoms with Crippen LogP contribution in [0.15, 0.2) is 34.1 Å². The maximum atomic E-state index is 12.5. The Balaban J connectivity index is 0.00000192. The molecule has 2 aromatic rings. The largest absolute Gasteiger partial charge is 0.336 e. The van der Waals surface area contributed by atoms with Gasteiger partial charge in [0.05, 0.1) is 6.54 Å². The Morgan fingerprint density at radius 3 is 2.65 bits per heavy atom. The second-order valence-electron chi connectivity index (χ2n) is 5.46. The number of halogens is 2. The highest BCUT2D eigenvalue weighted by Crippen LogP contribution is 2.16. The predicted molar refractivity (Wildman–Crippen MR) is 99.4 cm³/mol. The van der Waals surface area contributed by atoms with Gasteiger partial charge in [-0.05, 0) is 25.1 Å². The van der Waals surface area contributed by atoms with E-state index >= 15 is 0 Å². The van der Waals surface area contributed by atoms with Crippen molar-refractivity contribution < 1.29 is 4.79 Å². The third-order valence-electron chi connectivity index (χ3n) is 3.76. The number of piperazine rings is 1. The average molecular weight is 417 g/mol. The van der Waals surface area contributed by atoms with Gasteiger partial charge in [0, 0.05) is 47.3 Å². The Bertz CT molecular complexity index is 671. The second kappa shape index (κ2) is 8.24. The van der Waals surface area contributed by atoms with Crippen molar-refractivity contribution in [3.63, 3.8) is 0 Å². The van der Waals surface area contributed by atoms with E-state index in [1.807, 2.05) is 36.1 Å². The molecule has 23 heavy (non-hydrogen) atoms. The van der Waals surface area contributed by atoms with Crippen LogP contribution in [0.1, 0.15) is 21.1 Å². The molecule has 1 aliphatic heterocycles. The molecular formula is C16H19BrClN3OS. The molecule has 1 fully saturated rings. The first-order chi connectivity index (χ1) is 10.6. The Kier molecular flexibility index (Phi) is 6.59. The minimum absolute atomic E-state index is 0. The monoisotopic (exact) mass is 415 g/mol. The molecule has 1 aromatic heterocycles. The van der Waals surface area contributed by atoms with Crippen LogP contribution in [0.4, 0.5) is 0 Å². The van der Waals surface area contributed by atoms with Crippen LogP contribution in [0, 0.1) is 6.92 Å². The topological polar surface area (TPSA) is 36.4 Å². The van der Waals surface area contributed by atoms with Gasteiger partial charge in [-0.3, -0.25) is 9.69 Å². The van der Waals surface area contributed by atoms with Crippen molar-refractivity contribution in [2.75, 3.05) is 26.2 Å². The molecule has 4 nitrogen and oxygen atoms in total. The average Bonchev–Trinajstić information content (AvgIpc) is 2.92. The van der Waals surface area contributed by atoms with Crippen LogP contribution in [-0.4, -0.2) is 46.9 Å². The zero-order valence-corrected chi connectivity index (χ0v) is 16.1. The summed E-state index contributed by atoms with van der Waals surface area (Å²) in [5, 5.41) is 3.24. The van der Waals surface area contributed by atoms with E-state index in [0.717, 1.165) is 53.5 Å². The fraction of sp³-hybridized carbons (Fsp3) is 0.375. The second-order valence-corrected chi connectivity index (χ2v) is 7.32. The molecular weight excluding hydrogens is 398 g/mol. The smallest absolute Gasteiger partial charge is 0.253 e. The van der Waals surface area contributed by atoms with Crippen molar-refractivity contribution >= 4 is 45.6 Å². The predicted octanol–water partition coefficient (Wildman–Crippen LogP) is 3.59. The maximum absolute atomic E-state index is 12.5. The highest BCUT2D eigenvalue weighted by Gasteiger charge is 2.22. The summed E-state index contributed by atoms with van der Waals surface area (Å²) in [6, 6.07) is 7.59. The van der Waals surface area contributed by atoms with E-state index in [4.69, 9.17) is 0 Å². The minimum Gasteiger partial charge on any atom is -0.336 e. The zero-order valence-electron chi connectivity index (χ0n) is 12.9. The number of aryl methyl sites for hydroxylation is 1. The lowest BCUT2D eigenvalue weighted by Crippen LogP contribution is -2.48. The molecule has 2 heterocycles. The Hall–Kier alpha value is -0.950. The summed E-state index contributed by atoms with van der Waals surface area (Å²) < 4.78 is 0.941. The normalized spacial score (nSPS) is 15.3. The molecule has 3 rings (SSSR count). The van der Waals surface area contributed by atoms with E-state index in [1.165, 1.54) is 0 Å². The van der Waals surface area contributed by atoms with Crippen molar-refractivity contribution in [3.05, 3.63) is 50.4 Å². The van der Waals surface area contributed by atoms with E-state index in [1.54, 1.807) is 11.3 Å². The first kappa shape index (κ1) is 18.4. The summed E-state index contributed by atoms with van der Waals surface area (Å²) in [6.07, 6.45) is 0. The number of benzene rings is 1. The summed E-state index contributed by atoms with van der Waals surface area (Å²) in [5.74, 6) is 0.117. The molecule has 0 aliphatic carbocycles. The summed E-state index contributed by atoms with van der Waals surface area (Å²) >= 11 is 5.13. The van der Waals surface area contributed by atoms with Crippen molar-refractivity contribution in [2.45, 2.75) is 13.5 Å². The lowest BCUT2D eigenvalue weighted by molar-refractivity contribution is 0.0628. The van der Waals surface area contributed by atoms with Crippen molar-refractivity contribution in [2.24, 2.45) is 0 Å². The van der Waals surface area contributed by atoms with Gasteiger partial charge >= 0.3 is 0 Å². The van der Waals surface area contributed by atoms with Gasteiger partial charge in [0.15, 0.2) is 0 Å². The highest BCUT2D eigenvalue weighted by atomic mass is 79.9. The SMILES string of the molecule is Cc1csc(CN2CCN(C(=O)c3cccc(Br)c3)CC2)n1.Cl. The summed E-state index contributed by atoms with van der Waals surface area (Å²) in [6.45, 7) is 6.26. The van der Waals surface area contributed by atoms with Crippen LogP contribution in [0.2, 0.25) is 0 Å². The molecule has 0 saturated carbocycles. The molecule has 7 heteroatoms. The zero-order chi connectivity index (χ0) is 15.5. The molecule has 0 spiro atoms. The van der Waals surface area contributed by atoms with Crippen molar-refractivity contribution in [1.82, 2.24) is 14.8 Å². The number of rotatable bonds is 3. The number of carbonyl (C=O) groups is 1. The Morgan fingerprint density at radius 2 is 2.04 bits per heavy atom. The third kappa shape index (κ3) is 4.76. The molecule has 1 amide bonds. The lowest BCUT2D eigenvalue weighted by atomic mass is 10.2. The van der Waals surface area contributed by atoms with Gasteiger partial charge in [-0.1, -0.05) is 22.0 Å². The Morgan fingerprint density at radius 1 is 1.30 bits per heavy atom. The standard InChI is InChI=1S/C16H18BrN3OS.ClH/c1-12-11-22-15(18-12)10-19-5-7-20(8-6-19)16(21)13-3-2-4-14(17)9-13;/h2-4,9,11H,5-8,10H2,1H3;1H. The van der Waals surface area contributed by atoms with Crippen LogP contribution < -0.4 is 0 Å². The molecule has 0 N–H and O–H groups in total. The van der Waals surface area contributed by atoms with Crippen LogP contribution in [0.25, 0.3) is 0 Å². The first-order valence-electron chi connectivity index (χ1n) is 7.30. The summed E-state index contributed by atoms with van der Waals surface area (Å²) in [5.41, 5.74) is 1.84. The van der Waals surface area contributed by atoms with Gasteiger partial charge in [0.1, 0.15) is 5.01 Å². The van der Waals surface area contributed by atoms with Gasteiger partial charge in [-0.2, -0.15) is 0 Å². The number of carbonyl (C=O) groups excluding carboxylic acids is 1. The maximum Gasteiger partial charge on any atom is 0.253 e. The quantitative estimate of drug-likeness (QED) is 0.767. The number of nitrogens with zero attached hydrogens (tertiary/aromatic N) is 3. The van der Waals surface area contributed by atoms with Gasteiger partial charge in [-0.15, -0.1) is 23.7 Å². The lowest BCUT2D eigenvalue weighted by Gasteiger charge is -2.34. The van der Waals surface area contributed by atoms with Crippen LogP contribution in [-0.2, 0) is 6.54 Å². The van der Waals surface area contributed by atoms with E-state index < -0.39 is 0 Å². The first-order valence-corrected chi connectivity index (χ1v) is 8.97. The van der Waals surface area contributed by atoms with Crippen LogP contribution >= 0.6 is 39.7 Å². The molecule has 0 atom stereocenters. The van der Waals surface area contributed by atoms with E-state index in [2.05, 4.69) is 31.2 Å². The molecule has 0 bridgehead atoms. The van der Waals surface area contributed by atoms with Gasteiger partial charge in [0.25, 0.3) is 5.91 Å². The molecule has 0 radical (unpaired) electrons. The fourth-order valence-electron chi connectivity index (χ4n) is 2.58. The highest BCUT2D eigenvalue weighted by molar-refractivity contribution is 9.10. The molecule has 1 aliphatic rings. The summed E-state index contributed by atoms with van der Waals surface area (Å²) in [7, 11) is 0. The number of hydrogen-bond acceptors (Lipinski definition) is 4. The van der Waals surface area contributed by atoms with Crippen molar-refractivity contribution in [3.8, 4) is 0 Å². The van der Waals surface area contributed by atoms with Crippen LogP contribution in [0.3, 0.4) is 0 Å². The van der Waals surface area contributed by atoms with Gasteiger partial charge < -0.3 is 4.90 Å². The molecule has 0 unspecified atom stereocenters. The van der Waals surface area contributed by atoms with Gasteiger partial charge in [0.2, 0.25) is 0 Å². The fourth-order valence-corrected chi connectivity index (χ4v) is 3.79.